The van der Waals surface area contributed by atoms with Gasteiger partial charge in [-0.15, -0.1) is 0 Å². The van der Waals surface area contributed by atoms with Crippen molar-refractivity contribution in [3.8, 4) is 5.75 Å². The second kappa shape index (κ2) is 5.55. The van der Waals surface area contributed by atoms with Gasteiger partial charge in [0.15, 0.2) is 0 Å². The Balaban J connectivity index is 2.74. The lowest BCUT2D eigenvalue weighted by molar-refractivity contribution is -0.384. The van der Waals surface area contributed by atoms with Gasteiger partial charge in [-0.3, -0.25) is 10.1 Å². The number of nitrogens with zero attached hydrogens (tertiary/aromatic N) is 1. The van der Waals surface area contributed by atoms with Gasteiger partial charge in [0, 0.05) is 5.33 Å². The summed E-state index contributed by atoms with van der Waals surface area (Å²) in [6.45, 7) is 0.520. The molecule has 0 spiro atoms. The zero-order valence-corrected chi connectivity index (χ0v) is 9.57. The van der Waals surface area contributed by atoms with Crippen molar-refractivity contribution in [1.29, 1.82) is 0 Å². The fraction of sp³-hybridized carbons (Fsp3) is 0.333. The lowest BCUT2D eigenvalue weighted by atomic mass is 10.2. The van der Waals surface area contributed by atoms with Crippen LogP contribution >= 0.6 is 15.9 Å². The Kier molecular flexibility index (Phi) is 4.36. The molecule has 0 unspecified atom stereocenters. The highest BCUT2D eigenvalue weighted by molar-refractivity contribution is 9.09. The Labute approximate surface area is 95.5 Å². The summed E-state index contributed by atoms with van der Waals surface area (Å²) in [6, 6.07) is 4.43. The first-order chi connectivity index (χ1) is 7.15. The number of nitrogen functional groups attached to an aromatic ring is 1. The van der Waals surface area contributed by atoms with E-state index >= 15 is 0 Å². The van der Waals surface area contributed by atoms with Crippen molar-refractivity contribution in [2.45, 2.75) is 6.42 Å². The molecule has 0 aromatic heterocycles. The molecule has 0 bridgehead atoms. The zero-order valence-electron chi connectivity index (χ0n) is 7.98. The minimum atomic E-state index is -0.521. The van der Waals surface area contributed by atoms with Crippen LogP contribution in [0, 0.1) is 10.1 Å². The van der Waals surface area contributed by atoms with E-state index in [1.807, 2.05) is 0 Å². The average Bonchev–Trinajstić information content (AvgIpc) is 2.20. The summed E-state index contributed by atoms with van der Waals surface area (Å²) in [5.41, 5.74) is 5.47. The van der Waals surface area contributed by atoms with Gasteiger partial charge in [0.05, 0.1) is 17.6 Å². The number of nitro groups is 1. The monoisotopic (exact) mass is 274 g/mol. The van der Waals surface area contributed by atoms with Crippen molar-refractivity contribution in [3.63, 3.8) is 0 Å². The van der Waals surface area contributed by atoms with E-state index in [9.17, 15) is 10.1 Å². The van der Waals surface area contributed by atoms with E-state index < -0.39 is 4.92 Å². The topological polar surface area (TPSA) is 78.4 Å². The molecule has 0 fully saturated rings. The highest BCUT2D eigenvalue weighted by Crippen LogP contribution is 2.26. The predicted octanol–water partition coefficient (Wildman–Crippen LogP) is 2.34. The van der Waals surface area contributed by atoms with Crippen molar-refractivity contribution >= 4 is 27.3 Å². The number of halogens is 1. The first-order valence-corrected chi connectivity index (χ1v) is 5.50. The van der Waals surface area contributed by atoms with Crippen LogP contribution in [0.3, 0.4) is 0 Å². The van der Waals surface area contributed by atoms with Gasteiger partial charge in [-0.05, 0) is 18.6 Å². The van der Waals surface area contributed by atoms with Crippen LogP contribution in [-0.2, 0) is 0 Å². The van der Waals surface area contributed by atoms with Crippen molar-refractivity contribution < 1.29 is 9.66 Å². The molecule has 0 aliphatic heterocycles. The normalized spacial score (nSPS) is 9.93. The molecule has 1 aromatic rings. The van der Waals surface area contributed by atoms with Gasteiger partial charge in [-0.2, -0.15) is 0 Å². The largest absolute Gasteiger partial charge is 0.493 e. The summed E-state index contributed by atoms with van der Waals surface area (Å²) in [5, 5.41) is 11.4. The number of hydrogen-bond donors (Lipinski definition) is 1. The number of benzene rings is 1. The molecule has 5 nitrogen and oxygen atoms in total. The summed E-state index contributed by atoms with van der Waals surface area (Å²) in [5.74, 6) is 0.469. The van der Waals surface area contributed by atoms with E-state index in [2.05, 4.69) is 15.9 Å². The summed E-state index contributed by atoms with van der Waals surface area (Å²) < 4.78 is 5.30. The van der Waals surface area contributed by atoms with Crippen molar-refractivity contribution in [1.82, 2.24) is 0 Å². The fourth-order valence-corrected chi connectivity index (χ4v) is 1.24. The predicted molar refractivity (Wildman–Crippen MR) is 61.4 cm³/mol. The molecule has 1 aromatic carbocycles. The van der Waals surface area contributed by atoms with E-state index in [0.717, 1.165) is 11.8 Å². The lowest BCUT2D eigenvalue weighted by Crippen LogP contribution is -2.00. The van der Waals surface area contributed by atoms with E-state index in [4.69, 9.17) is 10.5 Å². The number of anilines is 1. The smallest absolute Gasteiger partial charge is 0.295 e. The molecule has 82 valence electrons. The summed E-state index contributed by atoms with van der Waals surface area (Å²) in [4.78, 5) is 10.0. The van der Waals surface area contributed by atoms with Crippen LogP contribution in [0.2, 0.25) is 0 Å². The molecule has 0 heterocycles. The van der Waals surface area contributed by atoms with Crippen LogP contribution in [0.4, 0.5) is 11.4 Å². The van der Waals surface area contributed by atoms with Crippen LogP contribution in [0.15, 0.2) is 18.2 Å². The van der Waals surface area contributed by atoms with Gasteiger partial charge in [0.1, 0.15) is 11.4 Å². The van der Waals surface area contributed by atoms with Crippen LogP contribution in [0.25, 0.3) is 0 Å². The molecule has 0 aliphatic carbocycles. The molecule has 0 radical (unpaired) electrons. The third-order valence-electron chi connectivity index (χ3n) is 1.75. The van der Waals surface area contributed by atoms with Crippen LogP contribution in [0.1, 0.15) is 6.42 Å². The van der Waals surface area contributed by atoms with Gasteiger partial charge in [0.2, 0.25) is 0 Å². The molecule has 0 amide bonds. The standard InChI is InChI=1S/C9H11BrN2O3/c10-4-1-5-15-7-2-3-8(11)9(6-7)12(13)14/h2-3,6H,1,4-5,11H2. The Morgan fingerprint density at radius 2 is 2.27 bits per heavy atom. The van der Waals surface area contributed by atoms with Gasteiger partial charge in [0.25, 0.3) is 5.69 Å². The maximum Gasteiger partial charge on any atom is 0.295 e. The number of rotatable bonds is 5. The Bertz CT molecular complexity index is 357. The van der Waals surface area contributed by atoms with Crippen LogP contribution in [-0.4, -0.2) is 16.9 Å². The molecule has 0 atom stereocenters. The zero-order chi connectivity index (χ0) is 11.3. The van der Waals surface area contributed by atoms with Gasteiger partial charge >= 0.3 is 0 Å². The summed E-state index contributed by atoms with van der Waals surface area (Å²) in [7, 11) is 0. The Morgan fingerprint density at radius 3 is 2.87 bits per heavy atom. The molecule has 0 saturated heterocycles. The van der Waals surface area contributed by atoms with Gasteiger partial charge < -0.3 is 10.5 Å². The molecule has 0 saturated carbocycles. The molecule has 6 heteroatoms. The Morgan fingerprint density at radius 1 is 1.53 bits per heavy atom. The third kappa shape index (κ3) is 3.39. The first-order valence-electron chi connectivity index (χ1n) is 4.38. The number of ether oxygens (including phenoxy) is 1. The molecule has 0 aliphatic rings. The summed E-state index contributed by atoms with van der Waals surface area (Å²) >= 11 is 3.26. The second-order valence-electron chi connectivity index (χ2n) is 2.87. The molecule has 2 N–H and O–H groups in total. The number of nitrogens with two attached hydrogens (primary N) is 1. The minimum absolute atomic E-state index is 0.119. The van der Waals surface area contributed by atoms with Gasteiger partial charge in [-0.1, -0.05) is 15.9 Å². The van der Waals surface area contributed by atoms with Crippen LogP contribution in [0.5, 0.6) is 5.75 Å². The molecule has 15 heavy (non-hydrogen) atoms. The van der Waals surface area contributed by atoms with Crippen molar-refractivity contribution in [2.24, 2.45) is 0 Å². The highest BCUT2D eigenvalue weighted by Gasteiger charge is 2.12. The second-order valence-corrected chi connectivity index (χ2v) is 3.66. The maximum absolute atomic E-state index is 10.6. The van der Waals surface area contributed by atoms with Crippen molar-refractivity contribution in [3.05, 3.63) is 28.3 Å². The van der Waals surface area contributed by atoms with E-state index in [1.165, 1.54) is 12.1 Å². The number of nitro benzene ring substituents is 1. The number of hydrogen-bond acceptors (Lipinski definition) is 4. The molecule has 1 rings (SSSR count). The van der Waals surface area contributed by atoms with Crippen molar-refractivity contribution in [2.75, 3.05) is 17.7 Å². The van der Waals surface area contributed by atoms with Gasteiger partial charge in [-0.25, -0.2) is 0 Å². The fourth-order valence-electron chi connectivity index (χ4n) is 1.02. The average molecular weight is 275 g/mol. The highest BCUT2D eigenvalue weighted by atomic mass is 79.9. The summed E-state index contributed by atoms with van der Waals surface area (Å²) in [6.07, 6.45) is 0.845. The molecular weight excluding hydrogens is 264 g/mol. The molecular formula is C9H11BrN2O3. The Hall–Kier alpha value is -1.30. The quantitative estimate of drug-likeness (QED) is 0.294. The lowest BCUT2D eigenvalue weighted by Gasteiger charge is -2.05. The third-order valence-corrected chi connectivity index (χ3v) is 2.31. The first kappa shape index (κ1) is 11.8. The SMILES string of the molecule is Nc1ccc(OCCCBr)cc1[N+](=O)[O-]. The van der Waals surface area contributed by atoms with E-state index in [1.54, 1.807) is 6.07 Å². The maximum atomic E-state index is 10.6. The van der Waals surface area contributed by atoms with E-state index in [-0.39, 0.29) is 11.4 Å². The minimum Gasteiger partial charge on any atom is -0.493 e. The van der Waals surface area contributed by atoms with E-state index in [0.29, 0.717) is 12.4 Å². The van der Waals surface area contributed by atoms with Crippen LogP contribution < -0.4 is 10.5 Å². The number of alkyl halides is 1.